The van der Waals surface area contributed by atoms with Gasteiger partial charge in [-0.25, -0.2) is 0 Å². The molecule has 0 radical (unpaired) electrons. The van der Waals surface area contributed by atoms with Gasteiger partial charge in [-0.15, -0.1) is 0 Å². The Morgan fingerprint density at radius 1 is 0.310 bits per heavy atom. The first-order chi connectivity index (χ1) is 42.9. The second kappa shape index (κ2) is 12.6. The number of fused-ring (bicyclic) bond motifs is 9. The van der Waals surface area contributed by atoms with E-state index < -0.39 is 316 Å². The van der Waals surface area contributed by atoms with Gasteiger partial charge in [0.15, 0.2) is 0 Å². The van der Waals surface area contributed by atoms with E-state index in [1.165, 1.54) is 0 Å². The predicted octanol–water partition coefficient (Wildman–Crippen LogP) is 14.0. The largest absolute Gasteiger partial charge is 0.508 e. The maximum atomic E-state index is 12.1. The number of aromatic hydroxyl groups is 1. The van der Waals surface area contributed by atoms with E-state index in [9.17, 15) is 25.7 Å². The molecule has 0 spiro atoms. The number of para-hydroxylation sites is 4. The van der Waals surface area contributed by atoms with Gasteiger partial charge in [-0.05, 0) is 70.6 Å². The van der Waals surface area contributed by atoms with Gasteiger partial charge in [-0.1, -0.05) is 145 Å². The first-order valence-electron chi connectivity index (χ1n) is 34.0. The molecule has 4 heteroatoms. The Morgan fingerprint density at radius 2 is 0.724 bits per heavy atom. The van der Waals surface area contributed by atoms with Gasteiger partial charge in [0.1, 0.15) is 5.75 Å². The average Bonchev–Trinajstić information content (AvgIpc) is 1.52. The smallest absolute Gasteiger partial charge is 0.119 e. The summed E-state index contributed by atoms with van der Waals surface area (Å²) in [7, 11) is 0. The van der Waals surface area contributed by atoms with Gasteiger partial charge < -0.3 is 18.8 Å². The lowest BCUT2D eigenvalue weighted by Gasteiger charge is -2.13. The molecule has 0 aliphatic heterocycles. The molecule has 0 amide bonds. The molecule has 0 bridgehead atoms. The van der Waals surface area contributed by atoms with Crippen molar-refractivity contribution < 1.29 is 51.7 Å². The van der Waals surface area contributed by atoms with Gasteiger partial charge in [0, 0.05) is 55.8 Å². The Labute approximate surface area is 382 Å². The Hall–Kier alpha value is -7.82. The minimum atomic E-state index is -1.36. The third kappa shape index (κ3) is 4.82. The Morgan fingerprint density at radius 3 is 1.31 bits per heavy atom. The number of benzene rings is 9. The van der Waals surface area contributed by atoms with E-state index in [4.69, 9.17) is 26.0 Å². The van der Waals surface area contributed by atoms with Crippen LogP contribution in [0, 0.1) is 0 Å². The molecule has 9 aromatic carbocycles. The van der Waals surface area contributed by atoms with Crippen LogP contribution in [0.5, 0.6) is 5.75 Å². The lowest BCUT2D eigenvalue weighted by molar-refractivity contribution is 0.476. The molecule has 0 saturated heterocycles. The van der Waals surface area contributed by atoms with Crippen LogP contribution < -0.4 is 0 Å². The molecule has 0 fully saturated rings. The van der Waals surface area contributed by atoms with Crippen LogP contribution >= 0.6 is 0 Å². The highest BCUT2D eigenvalue weighted by Crippen LogP contribution is 2.43. The van der Waals surface area contributed by atoms with Gasteiger partial charge in [0.2, 0.25) is 0 Å². The summed E-state index contributed by atoms with van der Waals surface area (Å²) >= 11 is 0. The number of nitrogens with zero attached hydrogens (tertiary/aromatic N) is 3. The van der Waals surface area contributed by atoms with E-state index in [-0.39, 0.29) is 0 Å². The van der Waals surface area contributed by atoms with Crippen LogP contribution in [-0.4, -0.2) is 18.8 Å². The van der Waals surface area contributed by atoms with Crippen LogP contribution in [-0.2, 0) is 0 Å². The zero-order valence-corrected chi connectivity index (χ0v) is 28.8. The van der Waals surface area contributed by atoms with E-state index in [0.717, 1.165) is 4.57 Å². The van der Waals surface area contributed by atoms with E-state index in [1.807, 2.05) is 0 Å². The number of aromatic nitrogens is 3. The molecule has 0 saturated carbocycles. The SMILES string of the molecule is [2H]c1c([2H])c([2H])c(-c2c([2H])c([2H])c(-c3c([2H])c([2H])c(-n4c5c([2H])c([2H])c([2H])c([2H])c5c5c([2H])c([2H])c(-n6c7c([2H])c([2H])c([2H])c([2H])c7c7c(-n8c9c([2H])c([2H])c([2H])c([2H])c9c9c([2H])c([2H])c([2H])c([2H])c98)c([2H])c(O)c([2H])c76)c([2H])c54)c([2H])c3[2H])c([2H])c2[2H])c([2H])c1[2H]. The topological polar surface area (TPSA) is 35.0 Å². The molecular formula is C54H35N3O. The molecule has 0 atom stereocenters. The van der Waals surface area contributed by atoms with Crippen molar-refractivity contribution in [2.24, 2.45) is 0 Å². The van der Waals surface area contributed by atoms with Crippen LogP contribution in [0.1, 0.15) is 46.6 Å². The number of phenols is 1. The van der Waals surface area contributed by atoms with E-state index in [2.05, 4.69) is 0 Å². The number of phenolic OH excluding ortho intramolecular Hbond substituents is 1. The first-order valence-corrected chi connectivity index (χ1v) is 17.0. The third-order valence-corrected chi connectivity index (χ3v) is 9.40. The van der Waals surface area contributed by atoms with Gasteiger partial charge in [0.05, 0.1) is 85.4 Å². The van der Waals surface area contributed by atoms with E-state index in [0.29, 0.717) is 9.13 Å². The summed E-state index contributed by atoms with van der Waals surface area (Å²) in [5.74, 6) is -1.36. The van der Waals surface area contributed by atoms with Crippen molar-refractivity contribution >= 4 is 65.4 Å². The molecule has 3 heterocycles. The average molecular weight is 776 g/mol. The van der Waals surface area contributed by atoms with Crippen molar-refractivity contribution in [2.45, 2.75) is 0 Å². The second-order valence-corrected chi connectivity index (χ2v) is 12.5. The molecule has 58 heavy (non-hydrogen) atoms. The van der Waals surface area contributed by atoms with Gasteiger partial charge in [0.25, 0.3) is 0 Å². The van der Waals surface area contributed by atoms with Crippen LogP contribution in [0.4, 0.5) is 0 Å². The Balaban J connectivity index is 1.28. The fourth-order valence-electron chi connectivity index (χ4n) is 7.02. The fraction of sp³-hybridized carbons (Fsp3) is 0. The standard InChI is InChI=1S/C54H35N3O/c58-41-33-52-54(53(34-41)57-48-19-9-5-14-42(48)43-15-6-10-20-49(43)57)46-17-7-11-21-50(46)56(52)40-30-31-45-44-16-4-8-18-47(44)55(51(45)32-40)39-28-26-38(27-29-39)37-24-22-36(23-25-37)35-12-2-1-3-13-35/h1-34,58H/i1D,2D,3D,4D,5D,6D,7D,8D,9D,10D,11D,12D,13D,14D,15D,16D,17D,18D,19D,20D,21D,22D,23D,24D,25D,26D,27D,28D,29D,30D,31D,32D,33D,34D. The Bertz CT molecular complexity index is 5420. The summed E-state index contributed by atoms with van der Waals surface area (Å²) < 4.78 is 311. The minimum absolute atomic E-state index is 0.561. The molecule has 272 valence electrons. The number of rotatable bonds is 5. The third-order valence-electron chi connectivity index (χ3n) is 9.40. The lowest BCUT2D eigenvalue weighted by atomic mass is 10.0. The summed E-state index contributed by atoms with van der Waals surface area (Å²) in [5.41, 5.74) is -11.0. The maximum absolute atomic E-state index is 12.1. The quantitative estimate of drug-likeness (QED) is 0.186. The van der Waals surface area contributed by atoms with Crippen molar-refractivity contribution in [3.8, 4) is 45.1 Å². The van der Waals surface area contributed by atoms with Gasteiger partial charge in [-0.3, -0.25) is 0 Å². The van der Waals surface area contributed by atoms with Crippen LogP contribution in [0.2, 0.25) is 0 Å². The minimum Gasteiger partial charge on any atom is -0.508 e. The highest BCUT2D eigenvalue weighted by atomic mass is 16.3. The van der Waals surface area contributed by atoms with Crippen molar-refractivity contribution in [3.05, 3.63) is 205 Å². The van der Waals surface area contributed by atoms with Gasteiger partial charge >= 0.3 is 0 Å². The molecule has 0 aliphatic carbocycles. The molecule has 12 rings (SSSR count). The molecule has 4 nitrogen and oxygen atoms in total. The highest BCUT2D eigenvalue weighted by molar-refractivity contribution is 6.17. The maximum Gasteiger partial charge on any atom is 0.119 e. The second-order valence-electron chi connectivity index (χ2n) is 12.5. The summed E-state index contributed by atoms with van der Waals surface area (Å²) in [6.45, 7) is 0. The van der Waals surface area contributed by atoms with Crippen LogP contribution in [0.25, 0.3) is 105 Å². The molecule has 3 aromatic heterocycles. The van der Waals surface area contributed by atoms with Gasteiger partial charge in [-0.2, -0.15) is 0 Å². The molecule has 1 N–H and O–H groups in total. The summed E-state index contributed by atoms with van der Waals surface area (Å²) in [5, 5.41) is 8.13. The zero-order chi connectivity index (χ0) is 67.9. The molecule has 0 aliphatic rings. The van der Waals surface area contributed by atoms with E-state index >= 15 is 0 Å². The summed E-state index contributed by atoms with van der Waals surface area (Å²) in [6.07, 6.45) is 0. The number of hydrogen-bond acceptors (Lipinski definition) is 1. The van der Waals surface area contributed by atoms with E-state index in [1.54, 1.807) is 0 Å². The fourth-order valence-corrected chi connectivity index (χ4v) is 7.02. The molecule has 0 unspecified atom stereocenters. The molecule has 12 aromatic rings. The summed E-state index contributed by atoms with van der Waals surface area (Å²) in [4.78, 5) is 0. The predicted molar refractivity (Wildman–Crippen MR) is 242 cm³/mol. The van der Waals surface area contributed by atoms with Crippen LogP contribution in [0.3, 0.4) is 0 Å². The zero-order valence-electron chi connectivity index (χ0n) is 62.8. The summed E-state index contributed by atoms with van der Waals surface area (Å²) in [6, 6.07) is -34.7. The highest BCUT2D eigenvalue weighted by Gasteiger charge is 2.22. The first kappa shape index (κ1) is 13.4. The van der Waals surface area contributed by atoms with Crippen molar-refractivity contribution in [3.63, 3.8) is 0 Å². The van der Waals surface area contributed by atoms with Crippen LogP contribution in [0.15, 0.2) is 205 Å². The monoisotopic (exact) mass is 775 g/mol. The van der Waals surface area contributed by atoms with Crippen molar-refractivity contribution in [1.29, 1.82) is 0 Å². The molecular weight excluding hydrogens is 707 g/mol. The Kier molecular flexibility index (Phi) is 2.91. The van der Waals surface area contributed by atoms with Crippen molar-refractivity contribution in [1.82, 2.24) is 13.7 Å². The van der Waals surface area contributed by atoms with Crippen molar-refractivity contribution in [2.75, 3.05) is 0 Å². The normalized spacial score (nSPS) is 20.1. The number of hydrogen-bond donors (Lipinski definition) is 1. The lowest BCUT2D eigenvalue weighted by Crippen LogP contribution is -1.98.